The molecular formula is C15H12ClIO. The lowest BCUT2D eigenvalue weighted by Crippen LogP contribution is -2.06. The van der Waals surface area contributed by atoms with E-state index in [-0.39, 0.29) is 5.78 Å². The maximum Gasteiger partial charge on any atom is 0.168 e. The third-order valence-corrected chi connectivity index (χ3v) is 4.60. The largest absolute Gasteiger partial charge is 0.294 e. The maximum atomic E-state index is 12.3. The summed E-state index contributed by atoms with van der Waals surface area (Å²) in [5, 5.41) is 0.647. The van der Waals surface area contributed by atoms with Crippen molar-refractivity contribution in [1.82, 2.24) is 0 Å². The van der Waals surface area contributed by atoms with Crippen LogP contribution >= 0.6 is 34.2 Å². The van der Waals surface area contributed by atoms with E-state index < -0.39 is 0 Å². The predicted octanol–water partition coefficient (Wildman–Crippen LogP) is 4.68. The fraction of sp³-hybridized carbons (Fsp3) is 0.133. The van der Waals surface area contributed by atoms with E-state index in [4.69, 9.17) is 11.6 Å². The highest BCUT2D eigenvalue weighted by Gasteiger charge is 2.13. The Labute approximate surface area is 125 Å². The molecule has 0 radical (unpaired) electrons. The van der Waals surface area contributed by atoms with E-state index in [1.54, 1.807) is 0 Å². The number of hydrogen-bond donors (Lipinski definition) is 0. The molecule has 0 aliphatic heterocycles. The Morgan fingerprint density at radius 3 is 2.61 bits per heavy atom. The summed E-state index contributed by atoms with van der Waals surface area (Å²) in [4.78, 5) is 12.3. The van der Waals surface area contributed by atoms with E-state index in [0.717, 1.165) is 20.3 Å². The van der Waals surface area contributed by atoms with Crippen LogP contribution in [0.4, 0.5) is 0 Å². The number of carbonyl (C=O) groups excluding carboxylic acids is 1. The number of Topliss-reactive ketones (excluding diaryl/α,β-unsaturated/α-hetero) is 1. The SMILES string of the molecule is Cc1cccc(C(=O)Cc2ccccc2Cl)c1I. The van der Waals surface area contributed by atoms with E-state index in [2.05, 4.69) is 22.6 Å². The van der Waals surface area contributed by atoms with Gasteiger partial charge in [-0.25, -0.2) is 0 Å². The molecule has 0 amide bonds. The summed E-state index contributed by atoms with van der Waals surface area (Å²) in [5.41, 5.74) is 2.78. The minimum absolute atomic E-state index is 0.108. The first kappa shape index (κ1) is 13.6. The Bertz CT molecular complexity index is 593. The van der Waals surface area contributed by atoms with Crippen molar-refractivity contribution in [3.63, 3.8) is 0 Å². The molecule has 0 saturated heterocycles. The normalized spacial score (nSPS) is 10.4. The van der Waals surface area contributed by atoms with E-state index in [9.17, 15) is 4.79 Å². The fourth-order valence-electron chi connectivity index (χ4n) is 1.77. The molecule has 0 aliphatic rings. The molecule has 0 atom stereocenters. The van der Waals surface area contributed by atoms with Crippen molar-refractivity contribution in [3.8, 4) is 0 Å². The molecule has 0 N–H and O–H groups in total. The summed E-state index contributed by atoms with van der Waals surface area (Å²) in [6.45, 7) is 2.01. The third kappa shape index (κ3) is 2.93. The van der Waals surface area contributed by atoms with Gasteiger partial charge in [-0.3, -0.25) is 4.79 Å². The van der Waals surface area contributed by atoms with E-state index >= 15 is 0 Å². The lowest BCUT2D eigenvalue weighted by Gasteiger charge is -2.07. The van der Waals surface area contributed by atoms with Gasteiger partial charge in [0.15, 0.2) is 5.78 Å². The minimum atomic E-state index is 0.108. The Morgan fingerprint density at radius 1 is 1.17 bits per heavy atom. The molecule has 0 saturated carbocycles. The van der Waals surface area contributed by atoms with Crippen LogP contribution in [0, 0.1) is 10.5 Å². The maximum absolute atomic E-state index is 12.3. The van der Waals surface area contributed by atoms with Gasteiger partial charge in [0.25, 0.3) is 0 Å². The van der Waals surface area contributed by atoms with Gasteiger partial charge in [-0.15, -0.1) is 0 Å². The van der Waals surface area contributed by atoms with Crippen molar-refractivity contribution in [2.45, 2.75) is 13.3 Å². The van der Waals surface area contributed by atoms with Gasteiger partial charge in [-0.05, 0) is 46.7 Å². The van der Waals surface area contributed by atoms with Gasteiger partial charge < -0.3 is 0 Å². The zero-order chi connectivity index (χ0) is 13.1. The van der Waals surface area contributed by atoms with Gasteiger partial charge in [-0.1, -0.05) is 48.0 Å². The van der Waals surface area contributed by atoms with E-state index in [1.165, 1.54) is 0 Å². The lowest BCUT2D eigenvalue weighted by molar-refractivity contribution is 0.0992. The molecule has 0 aromatic heterocycles. The van der Waals surface area contributed by atoms with Gasteiger partial charge >= 0.3 is 0 Å². The zero-order valence-corrected chi connectivity index (χ0v) is 12.8. The molecule has 0 aliphatic carbocycles. The van der Waals surface area contributed by atoms with E-state index in [0.29, 0.717) is 11.4 Å². The zero-order valence-electron chi connectivity index (χ0n) is 9.91. The van der Waals surface area contributed by atoms with Crippen molar-refractivity contribution < 1.29 is 4.79 Å². The Kier molecular flexibility index (Phi) is 4.40. The summed E-state index contributed by atoms with van der Waals surface area (Å²) in [6.07, 6.45) is 0.346. The summed E-state index contributed by atoms with van der Waals surface area (Å²) in [5.74, 6) is 0.108. The molecule has 2 aromatic rings. The monoisotopic (exact) mass is 370 g/mol. The van der Waals surface area contributed by atoms with Crippen molar-refractivity contribution >= 4 is 40.0 Å². The number of benzene rings is 2. The predicted molar refractivity (Wildman–Crippen MR) is 83.4 cm³/mol. The average Bonchev–Trinajstić information content (AvgIpc) is 2.35. The molecule has 0 fully saturated rings. The second kappa shape index (κ2) is 5.85. The summed E-state index contributed by atoms with van der Waals surface area (Å²) in [6, 6.07) is 13.3. The molecule has 0 unspecified atom stereocenters. The molecule has 0 bridgehead atoms. The summed E-state index contributed by atoms with van der Waals surface area (Å²) in [7, 11) is 0. The van der Waals surface area contributed by atoms with Crippen LogP contribution in [0.3, 0.4) is 0 Å². The molecule has 2 rings (SSSR count). The van der Waals surface area contributed by atoms with Crippen molar-refractivity contribution in [2.24, 2.45) is 0 Å². The van der Waals surface area contributed by atoms with Crippen LogP contribution in [0.1, 0.15) is 21.5 Å². The molecular weight excluding hydrogens is 359 g/mol. The van der Waals surface area contributed by atoms with Gasteiger partial charge in [0, 0.05) is 20.6 Å². The van der Waals surface area contributed by atoms with Gasteiger partial charge in [0.2, 0.25) is 0 Å². The Balaban J connectivity index is 2.28. The number of rotatable bonds is 3. The van der Waals surface area contributed by atoms with Crippen molar-refractivity contribution in [1.29, 1.82) is 0 Å². The molecule has 1 nitrogen and oxygen atoms in total. The molecule has 92 valence electrons. The van der Waals surface area contributed by atoms with Gasteiger partial charge in [0.05, 0.1) is 0 Å². The van der Waals surface area contributed by atoms with E-state index in [1.807, 2.05) is 49.4 Å². The summed E-state index contributed by atoms with van der Waals surface area (Å²) < 4.78 is 1.02. The first-order valence-corrected chi connectivity index (χ1v) is 7.07. The first-order chi connectivity index (χ1) is 8.59. The Hall–Kier alpha value is -0.870. The fourth-order valence-corrected chi connectivity index (χ4v) is 2.64. The number of halogens is 2. The van der Waals surface area contributed by atoms with Crippen LogP contribution in [-0.2, 0) is 6.42 Å². The Morgan fingerprint density at radius 2 is 1.89 bits per heavy atom. The minimum Gasteiger partial charge on any atom is -0.294 e. The highest BCUT2D eigenvalue weighted by atomic mass is 127. The van der Waals surface area contributed by atoms with Crippen molar-refractivity contribution in [3.05, 3.63) is 67.7 Å². The lowest BCUT2D eigenvalue weighted by atomic mass is 10.0. The number of carbonyl (C=O) groups is 1. The molecule has 0 heterocycles. The summed E-state index contributed by atoms with van der Waals surface area (Å²) >= 11 is 8.29. The van der Waals surface area contributed by atoms with Crippen LogP contribution < -0.4 is 0 Å². The van der Waals surface area contributed by atoms with Crippen LogP contribution in [0.25, 0.3) is 0 Å². The standard InChI is InChI=1S/C15H12ClIO/c1-10-5-4-7-12(15(10)17)14(18)9-11-6-2-3-8-13(11)16/h2-8H,9H2,1H3. The van der Waals surface area contributed by atoms with Crippen LogP contribution in [0.15, 0.2) is 42.5 Å². The van der Waals surface area contributed by atoms with Gasteiger partial charge in [-0.2, -0.15) is 0 Å². The first-order valence-electron chi connectivity index (χ1n) is 5.61. The molecule has 3 heteroatoms. The topological polar surface area (TPSA) is 17.1 Å². The van der Waals surface area contributed by atoms with Crippen LogP contribution in [0.2, 0.25) is 5.02 Å². The smallest absolute Gasteiger partial charge is 0.168 e. The number of hydrogen-bond acceptors (Lipinski definition) is 1. The number of aryl methyl sites for hydroxylation is 1. The molecule has 18 heavy (non-hydrogen) atoms. The number of ketones is 1. The van der Waals surface area contributed by atoms with Gasteiger partial charge in [0.1, 0.15) is 0 Å². The second-order valence-electron chi connectivity index (χ2n) is 4.13. The molecule has 0 spiro atoms. The van der Waals surface area contributed by atoms with Crippen LogP contribution in [-0.4, -0.2) is 5.78 Å². The van der Waals surface area contributed by atoms with Crippen molar-refractivity contribution in [2.75, 3.05) is 0 Å². The highest BCUT2D eigenvalue weighted by Crippen LogP contribution is 2.21. The second-order valence-corrected chi connectivity index (χ2v) is 5.61. The average molecular weight is 371 g/mol. The highest BCUT2D eigenvalue weighted by molar-refractivity contribution is 14.1. The third-order valence-electron chi connectivity index (χ3n) is 2.80. The quantitative estimate of drug-likeness (QED) is 0.566. The van der Waals surface area contributed by atoms with Crippen LogP contribution in [0.5, 0.6) is 0 Å². The molecule has 2 aromatic carbocycles.